The third-order valence-corrected chi connectivity index (χ3v) is 3.87. The Bertz CT molecular complexity index is 165. The fourth-order valence-electron chi connectivity index (χ4n) is 2.69. The molecule has 0 aromatic rings. The standard InChI is InChI=1S/C10H19NO/c1-3-9-5-11-4-8(2)10(9)6-12-7-10/h8-9,11H,3-7H2,1-2H3. The van der Waals surface area contributed by atoms with E-state index in [-0.39, 0.29) is 0 Å². The second-order valence-corrected chi connectivity index (χ2v) is 4.39. The lowest BCUT2D eigenvalue weighted by atomic mass is 9.62. The monoisotopic (exact) mass is 169 g/mol. The number of ether oxygens (including phenoxy) is 1. The van der Waals surface area contributed by atoms with Crippen molar-refractivity contribution < 1.29 is 4.74 Å². The number of piperidine rings is 1. The van der Waals surface area contributed by atoms with Crippen LogP contribution < -0.4 is 5.32 Å². The summed E-state index contributed by atoms with van der Waals surface area (Å²) in [4.78, 5) is 0. The molecule has 2 unspecified atom stereocenters. The molecule has 2 saturated heterocycles. The molecule has 0 aromatic heterocycles. The molecule has 2 fully saturated rings. The van der Waals surface area contributed by atoms with Crippen molar-refractivity contribution in [2.24, 2.45) is 17.3 Å². The van der Waals surface area contributed by atoms with Crippen LogP contribution in [0.4, 0.5) is 0 Å². The number of nitrogens with one attached hydrogen (secondary N) is 1. The van der Waals surface area contributed by atoms with E-state index in [1.54, 1.807) is 0 Å². The fourth-order valence-corrected chi connectivity index (χ4v) is 2.69. The van der Waals surface area contributed by atoms with Crippen LogP contribution in [0.25, 0.3) is 0 Å². The Balaban J connectivity index is 2.11. The summed E-state index contributed by atoms with van der Waals surface area (Å²) < 4.78 is 5.39. The summed E-state index contributed by atoms with van der Waals surface area (Å²) in [5, 5.41) is 3.50. The van der Waals surface area contributed by atoms with Gasteiger partial charge >= 0.3 is 0 Å². The Labute approximate surface area is 74.7 Å². The summed E-state index contributed by atoms with van der Waals surface area (Å²) >= 11 is 0. The Morgan fingerprint density at radius 3 is 2.58 bits per heavy atom. The average molecular weight is 169 g/mol. The van der Waals surface area contributed by atoms with Crippen LogP contribution in [0.5, 0.6) is 0 Å². The van der Waals surface area contributed by atoms with Crippen LogP contribution in [-0.4, -0.2) is 26.3 Å². The zero-order valence-electron chi connectivity index (χ0n) is 8.10. The fraction of sp³-hybridized carbons (Fsp3) is 1.00. The number of hydrogen-bond donors (Lipinski definition) is 1. The van der Waals surface area contributed by atoms with Crippen molar-refractivity contribution in [3.63, 3.8) is 0 Å². The van der Waals surface area contributed by atoms with Crippen molar-refractivity contribution in [1.29, 1.82) is 0 Å². The first-order chi connectivity index (χ1) is 5.79. The first-order valence-electron chi connectivity index (χ1n) is 5.08. The minimum Gasteiger partial charge on any atom is -0.380 e. The summed E-state index contributed by atoms with van der Waals surface area (Å²) in [5.41, 5.74) is 0.542. The van der Waals surface area contributed by atoms with Crippen molar-refractivity contribution in [3.05, 3.63) is 0 Å². The molecular weight excluding hydrogens is 150 g/mol. The summed E-state index contributed by atoms with van der Waals surface area (Å²) in [5.74, 6) is 1.64. The van der Waals surface area contributed by atoms with Crippen molar-refractivity contribution >= 4 is 0 Å². The van der Waals surface area contributed by atoms with Crippen molar-refractivity contribution in [2.75, 3.05) is 26.3 Å². The second-order valence-electron chi connectivity index (χ2n) is 4.39. The van der Waals surface area contributed by atoms with Gasteiger partial charge in [0.25, 0.3) is 0 Å². The topological polar surface area (TPSA) is 21.3 Å². The molecule has 2 atom stereocenters. The van der Waals surface area contributed by atoms with Crippen molar-refractivity contribution in [1.82, 2.24) is 5.32 Å². The predicted octanol–water partition coefficient (Wildman–Crippen LogP) is 1.27. The lowest BCUT2D eigenvalue weighted by molar-refractivity contribution is -0.184. The van der Waals surface area contributed by atoms with Gasteiger partial charge in [-0.1, -0.05) is 20.3 Å². The molecule has 0 aliphatic carbocycles. The van der Waals surface area contributed by atoms with E-state index in [0.29, 0.717) is 5.41 Å². The van der Waals surface area contributed by atoms with Crippen LogP contribution in [0, 0.1) is 17.3 Å². The maximum Gasteiger partial charge on any atom is 0.0551 e. The molecule has 2 heterocycles. The highest BCUT2D eigenvalue weighted by molar-refractivity contribution is 4.99. The third kappa shape index (κ3) is 1.01. The van der Waals surface area contributed by atoms with Gasteiger partial charge in [0.2, 0.25) is 0 Å². The van der Waals surface area contributed by atoms with Gasteiger partial charge in [-0.25, -0.2) is 0 Å². The Hall–Kier alpha value is -0.0800. The summed E-state index contributed by atoms with van der Waals surface area (Å²) in [6.07, 6.45) is 1.29. The Kier molecular flexibility index (Phi) is 2.13. The minimum absolute atomic E-state index is 0.542. The van der Waals surface area contributed by atoms with Gasteiger partial charge in [0.05, 0.1) is 13.2 Å². The molecule has 1 spiro atoms. The van der Waals surface area contributed by atoms with Gasteiger partial charge in [-0.3, -0.25) is 0 Å². The Morgan fingerprint density at radius 1 is 1.42 bits per heavy atom. The van der Waals surface area contributed by atoms with Crippen LogP contribution in [-0.2, 0) is 4.74 Å². The van der Waals surface area contributed by atoms with E-state index >= 15 is 0 Å². The van der Waals surface area contributed by atoms with Gasteiger partial charge in [0.1, 0.15) is 0 Å². The highest BCUT2D eigenvalue weighted by atomic mass is 16.5. The molecule has 2 aliphatic heterocycles. The minimum atomic E-state index is 0.542. The van der Waals surface area contributed by atoms with E-state index in [0.717, 1.165) is 25.0 Å². The zero-order chi connectivity index (χ0) is 8.60. The molecule has 2 aliphatic rings. The summed E-state index contributed by atoms with van der Waals surface area (Å²) in [7, 11) is 0. The van der Waals surface area contributed by atoms with E-state index in [1.165, 1.54) is 19.5 Å². The maximum absolute atomic E-state index is 5.39. The molecule has 70 valence electrons. The van der Waals surface area contributed by atoms with E-state index in [1.807, 2.05) is 0 Å². The molecule has 0 amide bonds. The van der Waals surface area contributed by atoms with Crippen LogP contribution in [0.15, 0.2) is 0 Å². The summed E-state index contributed by atoms with van der Waals surface area (Å²) in [6, 6.07) is 0. The Morgan fingerprint density at radius 2 is 2.17 bits per heavy atom. The quantitative estimate of drug-likeness (QED) is 0.638. The van der Waals surface area contributed by atoms with E-state index in [2.05, 4.69) is 19.2 Å². The lowest BCUT2D eigenvalue weighted by Gasteiger charge is -2.54. The zero-order valence-corrected chi connectivity index (χ0v) is 8.10. The van der Waals surface area contributed by atoms with Crippen LogP contribution in [0.1, 0.15) is 20.3 Å². The normalized spacial score (nSPS) is 39.5. The molecule has 12 heavy (non-hydrogen) atoms. The van der Waals surface area contributed by atoms with Gasteiger partial charge in [0, 0.05) is 5.41 Å². The first kappa shape index (κ1) is 8.52. The molecule has 1 N–H and O–H groups in total. The van der Waals surface area contributed by atoms with Gasteiger partial charge in [0.15, 0.2) is 0 Å². The average Bonchev–Trinajstić information content (AvgIpc) is 2.00. The van der Waals surface area contributed by atoms with Gasteiger partial charge in [-0.15, -0.1) is 0 Å². The predicted molar refractivity (Wildman–Crippen MR) is 49.1 cm³/mol. The van der Waals surface area contributed by atoms with E-state index in [4.69, 9.17) is 4.74 Å². The molecule has 2 heteroatoms. The highest BCUT2D eigenvalue weighted by Gasteiger charge is 2.50. The largest absolute Gasteiger partial charge is 0.380 e. The molecule has 0 aromatic carbocycles. The van der Waals surface area contributed by atoms with Gasteiger partial charge in [-0.05, 0) is 24.9 Å². The van der Waals surface area contributed by atoms with Gasteiger partial charge < -0.3 is 10.1 Å². The molecular formula is C10H19NO. The van der Waals surface area contributed by atoms with Crippen LogP contribution >= 0.6 is 0 Å². The molecule has 0 bridgehead atoms. The lowest BCUT2D eigenvalue weighted by Crippen LogP contribution is -2.60. The molecule has 2 nitrogen and oxygen atoms in total. The maximum atomic E-state index is 5.39. The first-order valence-corrected chi connectivity index (χ1v) is 5.08. The second kappa shape index (κ2) is 3.00. The van der Waals surface area contributed by atoms with Crippen molar-refractivity contribution in [3.8, 4) is 0 Å². The molecule has 0 radical (unpaired) electrons. The van der Waals surface area contributed by atoms with Crippen LogP contribution in [0.2, 0.25) is 0 Å². The van der Waals surface area contributed by atoms with Crippen LogP contribution in [0.3, 0.4) is 0 Å². The summed E-state index contributed by atoms with van der Waals surface area (Å²) in [6.45, 7) is 9.05. The third-order valence-electron chi connectivity index (χ3n) is 3.87. The molecule has 2 rings (SSSR count). The number of rotatable bonds is 1. The van der Waals surface area contributed by atoms with E-state index < -0.39 is 0 Å². The van der Waals surface area contributed by atoms with Crippen molar-refractivity contribution in [2.45, 2.75) is 20.3 Å². The highest BCUT2D eigenvalue weighted by Crippen LogP contribution is 2.45. The smallest absolute Gasteiger partial charge is 0.0551 e. The van der Waals surface area contributed by atoms with E-state index in [9.17, 15) is 0 Å². The number of hydrogen-bond acceptors (Lipinski definition) is 2. The SMILES string of the molecule is CCC1CNCC(C)C12COC2. The van der Waals surface area contributed by atoms with Gasteiger partial charge in [-0.2, -0.15) is 0 Å². The molecule has 0 saturated carbocycles.